The van der Waals surface area contributed by atoms with Crippen molar-refractivity contribution in [2.24, 2.45) is 11.3 Å². The van der Waals surface area contributed by atoms with Crippen molar-refractivity contribution >= 4 is 15.9 Å². The average Bonchev–Trinajstić information content (AvgIpc) is 3.38. The van der Waals surface area contributed by atoms with E-state index < -0.39 is 16.1 Å². The second kappa shape index (κ2) is 11.2. The van der Waals surface area contributed by atoms with E-state index in [0.29, 0.717) is 19.0 Å². The molecule has 192 valence electrons. The van der Waals surface area contributed by atoms with Crippen LogP contribution in [-0.4, -0.2) is 53.7 Å². The van der Waals surface area contributed by atoms with Gasteiger partial charge in [0.05, 0.1) is 12.1 Å². The molecule has 0 spiro atoms. The van der Waals surface area contributed by atoms with Crippen molar-refractivity contribution in [2.45, 2.75) is 70.9 Å². The number of carbonyl (C=O) groups excluding carboxylic acids is 1. The van der Waals surface area contributed by atoms with Gasteiger partial charge >= 0.3 is 0 Å². The fourth-order valence-electron chi connectivity index (χ4n) is 5.88. The molecule has 0 radical (unpaired) electrons. The third kappa shape index (κ3) is 6.50. The van der Waals surface area contributed by atoms with Gasteiger partial charge in [-0.1, -0.05) is 31.4 Å². The highest BCUT2D eigenvalue weighted by molar-refractivity contribution is 7.89. The number of imidazole rings is 1. The molecule has 1 saturated carbocycles. The van der Waals surface area contributed by atoms with Gasteiger partial charge in [0.2, 0.25) is 15.9 Å². The second-order valence-electron chi connectivity index (χ2n) is 10.2. The van der Waals surface area contributed by atoms with Crippen LogP contribution in [0.3, 0.4) is 0 Å². The van der Waals surface area contributed by atoms with Gasteiger partial charge in [-0.2, -0.15) is 0 Å². The smallest absolute Gasteiger partial charge is 0.241 e. The van der Waals surface area contributed by atoms with Crippen LogP contribution in [0.1, 0.15) is 57.4 Å². The molecule has 2 aromatic rings. The lowest BCUT2D eigenvalue weighted by Gasteiger charge is -2.48. The topological polar surface area (TPSA) is 84.3 Å². The molecule has 2 aliphatic rings. The number of benzene rings is 1. The summed E-state index contributed by atoms with van der Waals surface area (Å²) in [4.78, 5) is 19.6. The molecule has 1 aromatic carbocycles. The van der Waals surface area contributed by atoms with Gasteiger partial charge in [0.25, 0.3) is 0 Å². The third-order valence-electron chi connectivity index (χ3n) is 7.95. The molecule has 7 nitrogen and oxygen atoms in total. The van der Waals surface area contributed by atoms with Crippen molar-refractivity contribution in [3.05, 3.63) is 54.4 Å². The number of halogens is 1. The zero-order valence-corrected chi connectivity index (χ0v) is 21.4. The van der Waals surface area contributed by atoms with Gasteiger partial charge in [-0.15, -0.1) is 0 Å². The highest BCUT2D eigenvalue weighted by Crippen LogP contribution is 2.47. The highest BCUT2D eigenvalue weighted by Gasteiger charge is 2.43. The SMILES string of the molecule is CCS(=O)(=O)N[C@@H](Cc1ccc(F)cc1)C(=O)N1CCC(Cn2ccnc2)(C2CCCCC2)CC1. The van der Waals surface area contributed by atoms with Crippen LogP contribution in [0.2, 0.25) is 0 Å². The van der Waals surface area contributed by atoms with Crippen molar-refractivity contribution in [1.82, 2.24) is 19.2 Å². The lowest BCUT2D eigenvalue weighted by atomic mass is 9.63. The second-order valence-corrected chi connectivity index (χ2v) is 12.2. The Kier molecular flexibility index (Phi) is 8.27. The summed E-state index contributed by atoms with van der Waals surface area (Å²) in [6.07, 6.45) is 14.0. The monoisotopic (exact) mass is 504 g/mol. The van der Waals surface area contributed by atoms with Crippen LogP contribution in [-0.2, 0) is 27.8 Å². The fraction of sp³-hybridized carbons (Fsp3) is 0.615. The van der Waals surface area contributed by atoms with Crippen LogP contribution in [0.4, 0.5) is 4.39 Å². The van der Waals surface area contributed by atoms with Crippen LogP contribution in [0, 0.1) is 17.2 Å². The molecule has 4 rings (SSSR count). The predicted octanol–water partition coefficient (Wildman–Crippen LogP) is 3.76. The first-order valence-electron chi connectivity index (χ1n) is 12.8. The van der Waals surface area contributed by atoms with Gasteiger partial charge in [-0.05, 0) is 68.1 Å². The molecule has 2 fully saturated rings. The quantitative estimate of drug-likeness (QED) is 0.564. The minimum atomic E-state index is -3.59. The standard InChI is InChI=1S/C26H37FN4O3S/c1-2-35(33,34)29-24(18-21-8-10-23(27)11-9-21)25(32)31-15-12-26(13-16-31,19-30-17-14-28-20-30)22-6-4-3-5-7-22/h8-11,14,17,20,22,24,29H,2-7,12-13,15-16,18-19H2,1H3/t24-/m0/s1. The Balaban J connectivity index is 1.49. The highest BCUT2D eigenvalue weighted by atomic mass is 32.2. The number of hydrogen-bond acceptors (Lipinski definition) is 4. The van der Waals surface area contributed by atoms with E-state index in [1.165, 1.54) is 44.2 Å². The number of carbonyl (C=O) groups is 1. The van der Waals surface area contributed by atoms with E-state index in [2.05, 4.69) is 14.3 Å². The Morgan fingerprint density at radius 3 is 2.46 bits per heavy atom. The molecule has 1 aliphatic heterocycles. The van der Waals surface area contributed by atoms with Crippen molar-refractivity contribution < 1.29 is 17.6 Å². The zero-order chi connectivity index (χ0) is 24.9. The van der Waals surface area contributed by atoms with Gasteiger partial charge in [0.15, 0.2) is 0 Å². The number of nitrogens with zero attached hydrogens (tertiary/aromatic N) is 3. The fourth-order valence-corrected chi connectivity index (χ4v) is 6.67. The minimum absolute atomic E-state index is 0.101. The van der Waals surface area contributed by atoms with Gasteiger partial charge in [0, 0.05) is 32.0 Å². The minimum Gasteiger partial charge on any atom is -0.341 e. The molecule has 35 heavy (non-hydrogen) atoms. The van der Waals surface area contributed by atoms with Crippen molar-refractivity contribution in [3.63, 3.8) is 0 Å². The zero-order valence-electron chi connectivity index (χ0n) is 20.5. The number of likely N-dealkylation sites (tertiary alicyclic amines) is 1. The molecule has 1 saturated heterocycles. The molecular weight excluding hydrogens is 467 g/mol. The Morgan fingerprint density at radius 2 is 1.86 bits per heavy atom. The summed E-state index contributed by atoms with van der Waals surface area (Å²) >= 11 is 0. The van der Waals surface area contributed by atoms with Gasteiger partial charge in [-0.25, -0.2) is 22.5 Å². The van der Waals surface area contributed by atoms with Crippen LogP contribution < -0.4 is 4.72 Å². The molecule has 1 amide bonds. The number of piperidine rings is 1. The molecule has 0 bridgehead atoms. The normalized spacial score (nSPS) is 20.0. The van der Waals surface area contributed by atoms with Crippen molar-refractivity contribution in [2.75, 3.05) is 18.8 Å². The summed E-state index contributed by atoms with van der Waals surface area (Å²) in [5.74, 6) is -0.0370. The molecule has 1 aromatic heterocycles. The maximum atomic E-state index is 13.6. The maximum Gasteiger partial charge on any atom is 0.241 e. The van der Waals surface area contributed by atoms with Crippen LogP contribution in [0.25, 0.3) is 0 Å². The largest absolute Gasteiger partial charge is 0.341 e. The van der Waals surface area contributed by atoms with Crippen LogP contribution in [0.15, 0.2) is 43.0 Å². The molecular formula is C26H37FN4O3S. The van der Waals surface area contributed by atoms with Gasteiger partial charge in [0.1, 0.15) is 11.9 Å². The number of nitrogens with one attached hydrogen (secondary N) is 1. The average molecular weight is 505 g/mol. The number of aromatic nitrogens is 2. The molecule has 9 heteroatoms. The van der Waals surface area contributed by atoms with E-state index in [1.54, 1.807) is 19.1 Å². The van der Waals surface area contributed by atoms with Crippen LogP contribution >= 0.6 is 0 Å². The Morgan fingerprint density at radius 1 is 1.17 bits per heavy atom. The first-order chi connectivity index (χ1) is 16.8. The van der Waals surface area contributed by atoms with Gasteiger partial charge in [-0.3, -0.25) is 4.79 Å². The Hall–Kier alpha value is -2.26. The summed E-state index contributed by atoms with van der Waals surface area (Å²) in [7, 11) is -3.59. The van der Waals surface area contributed by atoms with E-state index in [-0.39, 0.29) is 29.3 Å². The van der Waals surface area contributed by atoms with Gasteiger partial charge < -0.3 is 9.47 Å². The molecule has 1 N–H and O–H groups in total. The van der Waals surface area contributed by atoms with E-state index in [1.807, 2.05) is 23.6 Å². The number of rotatable bonds is 9. The maximum absolute atomic E-state index is 13.6. The lowest BCUT2D eigenvalue weighted by molar-refractivity contribution is -0.136. The van der Waals surface area contributed by atoms with E-state index in [0.717, 1.165) is 24.9 Å². The lowest BCUT2D eigenvalue weighted by Crippen LogP contribution is -2.54. The molecule has 1 atom stereocenters. The summed E-state index contributed by atoms with van der Waals surface area (Å²) in [6, 6.07) is 4.97. The predicted molar refractivity (Wildman–Crippen MR) is 134 cm³/mol. The van der Waals surface area contributed by atoms with Crippen molar-refractivity contribution in [1.29, 1.82) is 0 Å². The number of hydrogen-bond donors (Lipinski definition) is 1. The summed E-state index contributed by atoms with van der Waals surface area (Å²) < 4.78 is 42.9. The molecule has 2 heterocycles. The molecule has 1 aliphatic carbocycles. The van der Waals surface area contributed by atoms with E-state index in [4.69, 9.17) is 0 Å². The third-order valence-corrected chi connectivity index (χ3v) is 9.36. The van der Waals surface area contributed by atoms with E-state index in [9.17, 15) is 17.6 Å². The van der Waals surface area contributed by atoms with Crippen molar-refractivity contribution in [3.8, 4) is 0 Å². The molecule has 0 unspecified atom stereocenters. The van der Waals surface area contributed by atoms with Crippen LogP contribution in [0.5, 0.6) is 0 Å². The Bertz CT molecular complexity index is 1060. The summed E-state index contributed by atoms with van der Waals surface area (Å²) in [6.45, 7) is 3.67. The first-order valence-corrected chi connectivity index (χ1v) is 14.4. The first kappa shape index (κ1) is 25.8. The number of sulfonamides is 1. The van der Waals surface area contributed by atoms with E-state index >= 15 is 0 Å². The number of amides is 1. The summed E-state index contributed by atoms with van der Waals surface area (Å²) in [5, 5.41) is 0. The Labute approximate surface area is 208 Å². The summed E-state index contributed by atoms with van der Waals surface area (Å²) in [5.41, 5.74) is 0.838.